The number of phosphoric acid groups is 2. The van der Waals surface area contributed by atoms with Gasteiger partial charge in [-0.25, -0.2) is 9.13 Å². The highest BCUT2D eigenvalue weighted by Gasteiger charge is 2.30. The number of esters is 4. The average Bonchev–Trinajstić information content (AvgIpc) is 1.75. The molecule has 0 saturated carbocycles. The van der Waals surface area contributed by atoms with E-state index in [2.05, 4.69) is 48.5 Å². The van der Waals surface area contributed by atoms with Gasteiger partial charge in [0.1, 0.15) is 19.3 Å². The summed E-state index contributed by atoms with van der Waals surface area (Å²) in [4.78, 5) is 72.8. The monoisotopic (exact) mass is 1410 g/mol. The standard InChI is InChI=1S/C77H150O17P2/c1-8-9-10-11-12-13-14-15-16-17-18-19-20-21-22-23-24-29-39-46-53-60-76(81)93-72(64-87-74(79)58-51-44-37-28-26-25-27-34-41-48-55-68(2)3)66-91-95(83,84)89-62-71(78)63-90-96(85,86)92-67-73(94-77(82)61-54-47-40-33-31-36-43-50-57-70(6)7)65-88-75(80)59-52-45-38-32-30-35-42-49-56-69(4)5/h68-73,78H,8-67H2,1-7H3,(H,83,84)(H,85,86)/t71-,72-,73-/m1/s1. The number of hydrogen-bond donors (Lipinski definition) is 3. The SMILES string of the molecule is CCCCCCCCCCCCCCCCCCCCCCCC(=O)O[C@H](COC(=O)CCCCCCCCCCCCC(C)C)COP(=O)(O)OC[C@@H](O)COP(=O)(O)OC[C@@H](COC(=O)CCCCCCCCCCC(C)C)OC(=O)CCCCCCCCCCC(C)C. The summed E-state index contributed by atoms with van der Waals surface area (Å²) in [6.07, 6.45) is 54.4. The first kappa shape index (κ1) is 94.1. The minimum Gasteiger partial charge on any atom is -0.462 e. The van der Waals surface area contributed by atoms with E-state index in [9.17, 15) is 43.2 Å². The first-order valence-electron chi connectivity index (χ1n) is 39.8. The van der Waals surface area contributed by atoms with Crippen molar-refractivity contribution in [3.63, 3.8) is 0 Å². The fourth-order valence-corrected chi connectivity index (χ4v) is 13.4. The Labute approximate surface area is 588 Å². The van der Waals surface area contributed by atoms with Crippen molar-refractivity contribution in [2.24, 2.45) is 17.8 Å². The number of phosphoric ester groups is 2. The highest BCUT2D eigenvalue weighted by Crippen LogP contribution is 2.45. The highest BCUT2D eigenvalue weighted by atomic mass is 31.2. The summed E-state index contributed by atoms with van der Waals surface area (Å²) in [6, 6.07) is 0. The molecule has 0 aliphatic heterocycles. The summed E-state index contributed by atoms with van der Waals surface area (Å²) in [7, 11) is -9.91. The lowest BCUT2D eigenvalue weighted by molar-refractivity contribution is -0.161. The van der Waals surface area contributed by atoms with E-state index in [-0.39, 0.29) is 25.7 Å². The first-order chi connectivity index (χ1) is 46.2. The van der Waals surface area contributed by atoms with Crippen LogP contribution in [0.4, 0.5) is 0 Å². The molecule has 0 radical (unpaired) electrons. The van der Waals surface area contributed by atoms with Crippen molar-refractivity contribution >= 4 is 39.5 Å². The largest absolute Gasteiger partial charge is 0.472 e. The molecule has 0 aromatic heterocycles. The minimum absolute atomic E-state index is 0.104. The molecule has 0 aliphatic carbocycles. The fourth-order valence-electron chi connectivity index (χ4n) is 11.8. The van der Waals surface area contributed by atoms with Crippen molar-refractivity contribution in [3.8, 4) is 0 Å². The van der Waals surface area contributed by atoms with Crippen LogP contribution in [0.15, 0.2) is 0 Å². The van der Waals surface area contributed by atoms with Gasteiger partial charge in [0.05, 0.1) is 26.4 Å². The Balaban J connectivity index is 5.20. The van der Waals surface area contributed by atoms with Crippen molar-refractivity contribution < 1.29 is 80.2 Å². The molecular formula is C77H150O17P2. The Morgan fingerprint density at radius 3 is 0.708 bits per heavy atom. The van der Waals surface area contributed by atoms with Gasteiger partial charge in [-0.1, -0.05) is 344 Å². The van der Waals surface area contributed by atoms with E-state index < -0.39 is 97.5 Å². The molecule has 96 heavy (non-hydrogen) atoms. The van der Waals surface area contributed by atoms with Crippen molar-refractivity contribution in [2.75, 3.05) is 39.6 Å². The summed E-state index contributed by atoms with van der Waals surface area (Å²) >= 11 is 0. The molecule has 0 aliphatic rings. The lowest BCUT2D eigenvalue weighted by Crippen LogP contribution is -2.30. The molecule has 0 aromatic rings. The van der Waals surface area contributed by atoms with E-state index in [0.717, 1.165) is 108 Å². The van der Waals surface area contributed by atoms with Gasteiger partial charge in [0.25, 0.3) is 0 Å². The van der Waals surface area contributed by atoms with Gasteiger partial charge in [0, 0.05) is 25.7 Å². The van der Waals surface area contributed by atoms with Crippen molar-refractivity contribution in [2.45, 2.75) is 414 Å². The summed E-state index contributed by atoms with van der Waals surface area (Å²) in [5, 5.41) is 10.6. The molecule has 0 rings (SSSR count). The Kier molecular flexibility index (Phi) is 66.2. The molecule has 0 fully saturated rings. The van der Waals surface area contributed by atoms with Gasteiger partial charge in [0.15, 0.2) is 12.2 Å². The number of ether oxygens (including phenoxy) is 4. The van der Waals surface area contributed by atoms with Gasteiger partial charge >= 0.3 is 39.5 Å². The van der Waals surface area contributed by atoms with Crippen LogP contribution in [0.25, 0.3) is 0 Å². The molecule has 0 saturated heterocycles. The minimum atomic E-state index is -4.96. The number of unbranched alkanes of at least 4 members (excludes halogenated alkanes) is 43. The van der Waals surface area contributed by atoms with Gasteiger partial charge < -0.3 is 33.8 Å². The topological polar surface area (TPSA) is 237 Å². The Morgan fingerprint density at radius 2 is 0.479 bits per heavy atom. The number of rotatable bonds is 75. The van der Waals surface area contributed by atoms with Gasteiger partial charge in [-0.3, -0.25) is 37.3 Å². The van der Waals surface area contributed by atoms with Crippen molar-refractivity contribution in [3.05, 3.63) is 0 Å². The maximum absolute atomic E-state index is 13.1. The smallest absolute Gasteiger partial charge is 0.462 e. The second-order valence-corrected chi connectivity index (χ2v) is 32.1. The normalized spacial score (nSPS) is 14.1. The number of aliphatic hydroxyl groups excluding tert-OH is 1. The third-order valence-electron chi connectivity index (χ3n) is 17.9. The lowest BCUT2D eigenvalue weighted by Gasteiger charge is -2.21. The molecule has 19 heteroatoms. The zero-order chi connectivity index (χ0) is 70.9. The van der Waals surface area contributed by atoms with Crippen LogP contribution >= 0.6 is 15.6 Å². The molecule has 0 spiro atoms. The van der Waals surface area contributed by atoms with Crippen LogP contribution in [-0.2, 0) is 65.4 Å². The van der Waals surface area contributed by atoms with Gasteiger partial charge in [0.2, 0.25) is 0 Å². The maximum atomic E-state index is 13.1. The summed E-state index contributed by atoms with van der Waals surface area (Å²) in [6.45, 7) is 11.8. The van der Waals surface area contributed by atoms with E-state index >= 15 is 0 Å². The average molecular weight is 1410 g/mol. The molecule has 5 atom stereocenters. The molecule has 0 aromatic carbocycles. The Hall–Kier alpha value is -1.94. The molecule has 2 unspecified atom stereocenters. The highest BCUT2D eigenvalue weighted by molar-refractivity contribution is 7.47. The molecule has 0 amide bonds. The molecule has 0 heterocycles. The lowest BCUT2D eigenvalue weighted by atomic mass is 10.0. The number of aliphatic hydroxyl groups is 1. The fraction of sp³-hybridized carbons (Fsp3) is 0.948. The number of carbonyl (C=O) groups excluding carboxylic acids is 4. The van der Waals surface area contributed by atoms with Crippen molar-refractivity contribution in [1.29, 1.82) is 0 Å². The van der Waals surface area contributed by atoms with E-state index in [1.54, 1.807) is 0 Å². The summed E-state index contributed by atoms with van der Waals surface area (Å²) in [5.41, 5.74) is 0. The third kappa shape index (κ3) is 70.5. The maximum Gasteiger partial charge on any atom is 0.472 e. The van der Waals surface area contributed by atoms with Gasteiger partial charge in [-0.2, -0.15) is 0 Å². The zero-order valence-electron chi connectivity index (χ0n) is 62.8. The second kappa shape index (κ2) is 67.5. The number of carbonyl (C=O) groups is 4. The first-order valence-corrected chi connectivity index (χ1v) is 42.8. The third-order valence-corrected chi connectivity index (χ3v) is 19.8. The van der Waals surface area contributed by atoms with Crippen LogP contribution in [0.5, 0.6) is 0 Å². The predicted octanol–water partition coefficient (Wildman–Crippen LogP) is 22.6. The Bertz CT molecular complexity index is 1870. The molecule has 0 bridgehead atoms. The Morgan fingerprint density at radius 1 is 0.281 bits per heavy atom. The van der Waals surface area contributed by atoms with Crippen LogP contribution in [0.2, 0.25) is 0 Å². The molecule has 3 N–H and O–H groups in total. The van der Waals surface area contributed by atoms with E-state index in [4.69, 9.17) is 37.0 Å². The molecule has 570 valence electrons. The second-order valence-electron chi connectivity index (χ2n) is 29.2. The van der Waals surface area contributed by atoms with Crippen LogP contribution < -0.4 is 0 Å². The van der Waals surface area contributed by atoms with E-state index in [1.165, 1.54) is 205 Å². The van der Waals surface area contributed by atoms with E-state index in [0.29, 0.717) is 25.7 Å². The quantitative estimate of drug-likeness (QED) is 0.0222. The van der Waals surface area contributed by atoms with Gasteiger partial charge in [-0.15, -0.1) is 0 Å². The summed E-state index contributed by atoms with van der Waals surface area (Å²) in [5.74, 6) is 0.0825. The van der Waals surface area contributed by atoms with Crippen LogP contribution in [0.3, 0.4) is 0 Å². The predicted molar refractivity (Wildman–Crippen MR) is 391 cm³/mol. The van der Waals surface area contributed by atoms with Crippen LogP contribution in [-0.4, -0.2) is 96.7 Å². The van der Waals surface area contributed by atoms with Crippen molar-refractivity contribution in [1.82, 2.24) is 0 Å². The number of hydrogen-bond acceptors (Lipinski definition) is 15. The van der Waals surface area contributed by atoms with E-state index in [1.807, 2.05) is 0 Å². The van der Waals surface area contributed by atoms with Crippen LogP contribution in [0.1, 0.15) is 395 Å². The molecular weight excluding hydrogens is 1260 g/mol. The zero-order valence-corrected chi connectivity index (χ0v) is 64.6. The van der Waals surface area contributed by atoms with Crippen LogP contribution in [0, 0.1) is 17.8 Å². The molecule has 17 nitrogen and oxygen atoms in total. The van der Waals surface area contributed by atoms with Gasteiger partial charge in [-0.05, 0) is 43.4 Å². The summed E-state index contributed by atoms with van der Waals surface area (Å²) < 4.78 is 68.5.